The molecule has 2 amide bonds. The molecule has 2 N–H and O–H groups in total. The fourth-order valence-electron chi connectivity index (χ4n) is 1.99. The Kier molecular flexibility index (Phi) is 5.91. The summed E-state index contributed by atoms with van der Waals surface area (Å²) in [6.45, 7) is 2.96. The molecule has 2 aromatic carbocycles. The van der Waals surface area contributed by atoms with Crippen LogP contribution in [0.15, 0.2) is 42.5 Å². The summed E-state index contributed by atoms with van der Waals surface area (Å²) < 4.78 is 31.2. The van der Waals surface area contributed by atoms with E-state index >= 15 is 0 Å². The number of amides is 2. The third-order valence-electron chi connectivity index (χ3n) is 3.11. The molecule has 23 heavy (non-hydrogen) atoms. The smallest absolute Gasteiger partial charge is 0.319 e. The number of ether oxygens (including phenoxy) is 1. The van der Waals surface area contributed by atoms with Gasteiger partial charge >= 0.3 is 6.03 Å². The van der Waals surface area contributed by atoms with Crippen molar-refractivity contribution in [3.8, 4) is 5.75 Å². The van der Waals surface area contributed by atoms with E-state index in [1.54, 1.807) is 0 Å². The zero-order valence-corrected chi connectivity index (χ0v) is 12.7. The summed E-state index contributed by atoms with van der Waals surface area (Å²) in [5.41, 5.74) is 1.25. The van der Waals surface area contributed by atoms with Crippen LogP contribution in [0.2, 0.25) is 0 Å². The largest absolute Gasteiger partial charge is 0.494 e. The molecule has 0 saturated carbocycles. The van der Waals surface area contributed by atoms with Gasteiger partial charge in [-0.05, 0) is 43.2 Å². The minimum absolute atomic E-state index is 0.197. The Bertz CT molecular complexity index is 660. The quantitative estimate of drug-likeness (QED) is 0.852. The first-order valence-electron chi connectivity index (χ1n) is 7.30. The van der Waals surface area contributed by atoms with Crippen molar-refractivity contribution >= 4 is 11.7 Å². The topological polar surface area (TPSA) is 50.4 Å². The number of rotatable bonds is 6. The molecule has 0 aliphatic rings. The molecule has 0 spiro atoms. The summed E-state index contributed by atoms with van der Waals surface area (Å²) in [7, 11) is 0. The van der Waals surface area contributed by atoms with E-state index < -0.39 is 17.7 Å². The monoisotopic (exact) mass is 320 g/mol. The van der Waals surface area contributed by atoms with Gasteiger partial charge in [0.15, 0.2) is 11.6 Å². The van der Waals surface area contributed by atoms with Crippen LogP contribution in [0.25, 0.3) is 0 Å². The van der Waals surface area contributed by atoms with Gasteiger partial charge in [-0.2, -0.15) is 0 Å². The van der Waals surface area contributed by atoms with E-state index in [0.29, 0.717) is 19.6 Å². The molecule has 0 unspecified atom stereocenters. The number of benzene rings is 2. The first kappa shape index (κ1) is 16.7. The summed E-state index contributed by atoms with van der Waals surface area (Å²) in [5.74, 6) is -1.15. The molecule has 0 atom stereocenters. The summed E-state index contributed by atoms with van der Waals surface area (Å²) in [4.78, 5) is 11.7. The number of anilines is 1. The molecule has 2 rings (SSSR count). The van der Waals surface area contributed by atoms with E-state index in [9.17, 15) is 13.6 Å². The highest BCUT2D eigenvalue weighted by atomic mass is 19.2. The average Bonchev–Trinajstić information content (AvgIpc) is 2.53. The SMILES string of the molecule is CCOc1ccc(CCNC(=O)Nc2ccc(F)c(F)c2)cc1. The van der Waals surface area contributed by atoms with Crippen molar-refractivity contribution in [1.82, 2.24) is 5.32 Å². The van der Waals surface area contributed by atoms with Crippen LogP contribution in [-0.2, 0) is 6.42 Å². The molecule has 0 fully saturated rings. The Balaban J connectivity index is 1.76. The molecule has 122 valence electrons. The number of urea groups is 1. The third kappa shape index (κ3) is 5.25. The second-order valence-corrected chi connectivity index (χ2v) is 4.84. The lowest BCUT2D eigenvalue weighted by atomic mass is 10.1. The Morgan fingerprint density at radius 2 is 1.83 bits per heavy atom. The summed E-state index contributed by atoms with van der Waals surface area (Å²) in [6, 6.07) is 10.3. The van der Waals surface area contributed by atoms with Crippen molar-refractivity contribution in [3.63, 3.8) is 0 Å². The average molecular weight is 320 g/mol. The number of hydrogen-bond donors (Lipinski definition) is 2. The van der Waals surface area contributed by atoms with Crippen LogP contribution in [0.4, 0.5) is 19.3 Å². The third-order valence-corrected chi connectivity index (χ3v) is 3.11. The number of halogens is 2. The van der Waals surface area contributed by atoms with Crippen molar-refractivity contribution in [2.45, 2.75) is 13.3 Å². The molecule has 0 saturated heterocycles. The highest BCUT2D eigenvalue weighted by molar-refractivity contribution is 5.89. The van der Waals surface area contributed by atoms with Gasteiger partial charge in [-0.25, -0.2) is 13.6 Å². The summed E-state index contributed by atoms with van der Waals surface area (Å²) in [6.07, 6.45) is 0.650. The van der Waals surface area contributed by atoms with Crippen molar-refractivity contribution in [3.05, 3.63) is 59.7 Å². The van der Waals surface area contributed by atoms with E-state index in [1.165, 1.54) is 6.07 Å². The van der Waals surface area contributed by atoms with Gasteiger partial charge in [0, 0.05) is 18.3 Å². The molecule has 6 heteroatoms. The fraction of sp³-hybridized carbons (Fsp3) is 0.235. The van der Waals surface area contributed by atoms with Gasteiger partial charge in [-0.1, -0.05) is 12.1 Å². The maximum atomic E-state index is 13.0. The Morgan fingerprint density at radius 3 is 2.48 bits per heavy atom. The van der Waals surface area contributed by atoms with E-state index in [1.807, 2.05) is 31.2 Å². The minimum Gasteiger partial charge on any atom is -0.494 e. The highest BCUT2D eigenvalue weighted by Crippen LogP contribution is 2.13. The van der Waals surface area contributed by atoms with Crippen molar-refractivity contribution in [2.24, 2.45) is 0 Å². The lowest BCUT2D eigenvalue weighted by Gasteiger charge is -2.08. The van der Waals surface area contributed by atoms with Gasteiger partial charge < -0.3 is 15.4 Å². The molecule has 0 aromatic heterocycles. The summed E-state index contributed by atoms with van der Waals surface area (Å²) in [5, 5.41) is 5.10. The highest BCUT2D eigenvalue weighted by Gasteiger charge is 2.05. The predicted octanol–water partition coefficient (Wildman–Crippen LogP) is 3.73. The van der Waals surface area contributed by atoms with Crippen LogP contribution in [0.3, 0.4) is 0 Å². The van der Waals surface area contributed by atoms with E-state index in [4.69, 9.17) is 4.74 Å². The van der Waals surface area contributed by atoms with Gasteiger partial charge in [-0.3, -0.25) is 0 Å². The first-order valence-corrected chi connectivity index (χ1v) is 7.30. The molecule has 0 bridgehead atoms. The lowest BCUT2D eigenvalue weighted by Crippen LogP contribution is -2.30. The second kappa shape index (κ2) is 8.12. The van der Waals surface area contributed by atoms with Crippen LogP contribution >= 0.6 is 0 Å². The molecule has 0 heterocycles. The van der Waals surface area contributed by atoms with Crippen LogP contribution in [0.5, 0.6) is 5.75 Å². The number of carbonyl (C=O) groups excluding carboxylic acids is 1. The molecular weight excluding hydrogens is 302 g/mol. The Morgan fingerprint density at radius 1 is 1.09 bits per heavy atom. The molecule has 4 nitrogen and oxygen atoms in total. The normalized spacial score (nSPS) is 10.2. The van der Waals surface area contributed by atoms with Gasteiger partial charge in [0.05, 0.1) is 6.61 Å². The number of nitrogens with one attached hydrogen (secondary N) is 2. The van der Waals surface area contributed by atoms with Crippen LogP contribution < -0.4 is 15.4 Å². The predicted molar refractivity (Wildman–Crippen MR) is 84.7 cm³/mol. The number of carbonyl (C=O) groups is 1. The van der Waals surface area contributed by atoms with Crippen LogP contribution in [0, 0.1) is 11.6 Å². The van der Waals surface area contributed by atoms with Crippen molar-refractivity contribution < 1.29 is 18.3 Å². The number of hydrogen-bond acceptors (Lipinski definition) is 2. The maximum Gasteiger partial charge on any atom is 0.319 e. The summed E-state index contributed by atoms with van der Waals surface area (Å²) >= 11 is 0. The lowest BCUT2D eigenvalue weighted by molar-refractivity contribution is 0.252. The van der Waals surface area contributed by atoms with Crippen molar-refractivity contribution in [2.75, 3.05) is 18.5 Å². The van der Waals surface area contributed by atoms with Crippen LogP contribution in [0.1, 0.15) is 12.5 Å². The first-order chi connectivity index (χ1) is 11.1. The zero-order valence-electron chi connectivity index (χ0n) is 12.7. The van der Waals surface area contributed by atoms with Gasteiger partial charge in [0.2, 0.25) is 0 Å². The van der Waals surface area contributed by atoms with E-state index in [-0.39, 0.29) is 5.69 Å². The molecule has 0 radical (unpaired) electrons. The Labute approximate surface area is 133 Å². The van der Waals surface area contributed by atoms with E-state index in [2.05, 4.69) is 10.6 Å². The molecular formula is C17H18F2N2O2. The Hall–Kier alpha value is -2.63. The standard InChI is InChI=1S/C17H18F2N2O2/c1-2-23-14-6-3-12(4-7-14)9-10-20-17(22)21-13-5-8-15(18)16(19)11-13/h3-8,11H,2,9-10H2,1H3,(H2,20,21,22). The van der Waals surface area contributed by atoms with Crippen LogP contribution in [-0.4, -0.2) is 19.2 Å². The van der Waals surface area contributed by atoms with Gasteiger partial charge in [0.25, 0.3) is 0 Å². The molecule has 0 aliphatic carbocycles. The van der Waals surface area contributed by atoms with E-state index in [0.717, 1.165) is 23.4 Å². The fourth-order valence-corrected chi connectivity index (χ4v) is 1.99. The van der Waals surface area contributed by atoms with Gasteiger partial charge in [0.1, 0.15) is 5.75 Å². The van der Waals surface area contributed by atoms with Crippen molar-refractivity contribution in [1.29, 1.82) is 0 Å². The minimum atomic E-state index is -1.00. The van der Waals surface area contributed by atoms with Gasteiger partial charge in [-0.15, -0.1) is 0 Å². The maximum absolute atomic E-state index is 13.0. The second-order valence-electron chi connectivity index (χ2n) is 4.84. The molecule has 0 aliphatic heterocycles. The zero-order chi connectivity index (χ0) is 16.7. The molecule has 2 aromatic rings.